The lowest BCUT2D eigenvalue weighted by molar-refractivity contribution is 0.0954. The maximum atomic E-state index is 12.5. The number of halogens is 2. The zero-order valence-electron chi connectivity index (χ0n) is 14.7. The lowest BCUT2D eigenvalue weighted by Gasteiger charge is -2.08. The van der Waals surface area contributed by atoms with E-state index >= 15 is 0 Å². The maximum absolute atomic E-state index is 12.5. The molecule has 0 bridgehead atoms. The minimum atomic E-state index is -0.265. The summed E-state index contributed by atoms with van der Waals surface area (Å²) in [5.74, 6) is -0.265. The summed E-state index contributed by atoms with van der Waals surface area (Å²) >= 11 is 12.9. The van der Waals surface area contributed by atoms with Gasteiger partial charge in [-0.25, -0.2) is 0 Å². The van der Waals surface area contributed by atoms with Crippen LogP contribution < -0.4 is 10.2 Å². The fourth-order valence-corrected chi connectivity index (χ4v) is 4.00. The second-order valence-corrected chi connectivity index (χ2v) is 7.88. The molecule has 0 atom stereocenters. The average Bonchev–Trinajstić information content (AvgIpc) is 2.95. The molecule has 1 heterocycles. The molecule has 4 nitrogen and oxygen atoms in total. The van der Waals surface area contributed by atoms with Crippen molar-refractivity contribution in [2.24, 2.45) is 0 Å². The molecule has 27 heavy (non-hydrogen) atoms. The van der Waals surface area contributed by atoms with Crippen molar-refractivity contribution in [1.29, 1.82) is 0 Å². The molecule has 0 spiro atoms. The van der Waals surface area contributed by atoms with Gasteiger partial charge in [0.2, 0.25) is 0 Å². The Morgan fingerprint density at radius 3 is 2.52 bits per heavy atom. The number of carbonyl (C=O) groups excluding carboxylic acids is 1. The number of hydrogen-bond acceptors (Lipinski definition) is 3. The number of aryl methyl sites for hydroxylation is 1. The number of thiazole rings is 1. The number of hydrogen-bond donors (Lipinski definition) is 1. The van der Waals surface area contributed by atoms with Gasteiger partial charge in [-0.05, 0) is 36.6 Å². The Bertz CT molecular complexity index is 1010. The molecule has 3 rings (SSSR count). The third kappa shape index (κ3) is 4.80. The molecule has 0 fully saturated rings. The fraction of sp³-hybridized carbons (Fsp3) is 0.200. The number of aromatic nitrogens is 1. The molecule has 1 amide bonds. The van der Waals surface area contributed by atoms with Gasteiger partial charge in [0.05, 0.1) is 10.0 Å². The van der Waals surface area contributed by atoms with Crippen LogP contribution in [-0.2, 0) is 19.5 Å². The molecule has 0 radical (unpaired) electrons. The van der Waals surface area contributed by atoms with Gasteiger partial charge in [0, 0.05) is 18.8 Å². The lowest BCUT2D eigenvalue weighted by atomic mass is 10.1. The molecule has 2 aromatic carbocycles. The molecule has 140 valence electrons. The monoisotopic (exact) mass is 420 g/mol. The normalized spacial score (nSPS) is 10.8. The van der Waals surface area contributed by atoms with E-state index in [4.69, 9.17) is 23.2 Å². The molecule has 0 unspecified atom stereocenters. The van der Waals surface area contributed by atoms with E-state index in [9.17, 15) is 9.59 Å². The quantitative estimate of drug-likeness (QED) is 0.628. The first-order valence-corrected chi connectivity index (χ1v) is 9.99. The SMILES string of the molecule is Cc1c(C(=O)NCc2ccc(Cl)c(Cl)c2)sc(=O)n1CCc1ccccc1. The zero-order valence-corrected chi connectivity index (χ0v) is 17.0. The third-order valence-electron chi connectivity index (χ3n) is 4.25. The minimum absolute atomic E-state index is 0.122. The Kier molecular flexibility index (Phi) is 6.37. The van der Waals surface area contributed by atoms with E-state index in [2.05, 4.69) is 5.32 Å². The molecular weight excluding hydrogens is 403 g/mol. The molecule has 1 aromatic heterocycles. The van der Waals surface area contributed by atoms with Crippen molar-refractivity contribution in [1.82, 2.24) is 9.88 Å². The van der Waals surface area contributed by atoms with Gasteiger partial charge in [0.15, 0.2) is 0 Å². The van der Waals surface area contributed by atoms with Crippen molar-refractivity contribution < 1.29 is 4.79 Å². The summed E-state index contributed by atoms with van der Waals surface area (Å²) in [7, 11) is 0. The van der Waals surface area contributed by atoms with Crippen LogP contribution in [0.2, 0.25) is 10.0 Å². The van der Waals surface area contributed by atoms with Gasteiger partial charge in [-0.15, -0.1) is 0 Å². The molecule has 0 aliphatic rings. The van der Waals surface area contributed by atoms with Crippen LogP contribution in [0.25, 0.3) is 0 Å². The molecule has 0 saturated heterocycles. The van der Waals surface area contributed by atoms with E-state index in [-0.39, 0.29) is 10.8 Å². The van der Waals surface area contributed by atoms with Crippen molar-refractivity contribution >= 4 is 40.4 Å². The van der Waals surface area contributed by atoms with Gasteiger partial charge in [-0.2, -0.15) is 0 Å². The summed E-state index contributed by atoms with van der Waals surface area (Å²) < 4.78 is 1.66. The van der Waals surface area contributed by atoms with Crippen LogP contribution in [0, 0.1) is 6.92 Å². The van der Waals surface area contributed by atoms with Crippen LogP contribution in [0.1, 0.15) is 26.5 Å². The third-order valence-corrected chi connectivity index (χ3v) is 6.07. The zero-order chi connectivity index (χ0) is 19.4. The molecule has 3 aromatic rings. The van der Waals surface area contributed by atoms with Crippen LogP contribution in [0.15, 0.2) is 53.3 Å². The Balaban J connectivity index is 1.68. The summed E-state index contributed by atoms with van der Waals surface area (Å²) in [6.45, 7) is 2.66. The van der Waals surface area contributed by atoms with Crippen LogP contribution in [0.3, 0.4) is 0 Å². The minimum Gasteiger partial charge on any atom is -0.347 e. The van der Waals surface area contributed by atoms with Crippen molar-refractivity contribution in [3.63, 3.8) is 0 Å². The number of nitrogens with one attached hydrogen (secondary N) is 1. The molecule has 7 heteroatoms. The van der Waals surface area contributed by atoms with Crippen molar-refractivity contribution in [3.8, 4) is 0 Å². The number of amides is 1. The predicted octanol–water partition coefficient (Wildman–Crippen LogP) is 4.70. The molecule has 0 aliphatic heterocycles. The van der Waals surface area contributed by atoms with Crippen LogP contribution in [0.4, 0.5) is 0 Å². The van der Waals surface area contributed by atoms with Crippen molar-refractivity contribution in [3.05, 3.63) is 89.9 Å². The predicted molar refractivity (Wildman–Crippen MR) is 111 cm³/mol. The van der Waals surface area contributed by atoms with Gasteiger partial charge < -0.3 is 9.88 Å². The topological polar surface area (TPSA) is 51.1 Å². The Hall–Kier alpha value is -2.08. The van der Waals surface area contributed by atoms with Crippen molar-refractivity contribution in [2.45, 2.75) is 26.4 Å². The second-order valence-electron chi connectivity index (χ2n) is 6.10. The fourth-order valence-electron chi connectivity index (χ4n) is 2.74. The summed E-state index contributed by atoms with van der Waals surface area (Å²) in [6.07, 6.45) is 0.739. The lowest BCUT2D eigenvalue weighted by Crippen LogP contribution is -2.23. The smallest absolute Gasteiger partial charge is 0.308 e. The summed E-state index contributed by atoms with van der Waals surface area (Å²) in [5, 5.41) is 3.74. The number of nitrogens with zero attached hydrogens (tertiary/aromatic N) is 1. The molecule has 0 aliphatic carbocycles. The van der Waals surface area contributed by atoms with Gasteiger partial charge in [0.25, 0.3) is 5.91 Å². The number of carbonyl (C=O) groups is 1. The summed E-state index contributed by atoms with van der Waals surface area (Å²) in [5.41, 5.74) is 2.68. The molecular formula is C20H18Cl2N2O2S. The van der Waals surface area contributed by atoms with Crippen LogP contribution in [-0.4, -0.2) is 10.5 Å². The Labute approximate surface area is 171 Å². The molecule has 0 saturated carbocycles. The van der Waals surface area contributed by atoms with E-state index in [0.29, 0.717) is 33.7 Å². The van der Waals surface area contributed by atoms with Crippen LogP contribution >= 0.6 is 34.5 Å². The maximum Gasteiger partial charge on any atom is 0.308 e. The number of benzene rings is 2. The Morgan fingerprint density at radius 2 is 1.81 bits per heavy atom. The average molecular weight is 421 g/mol. The summed E-state index contributed by atoms with van der Waals surface area (Å²) in [6, 6.07) is 15.2. The highest BCUT2D eigenvalue weighted by Gasteiger charge is 2.17. The van der Waals surface area contributed by atoms with Crippen molar-refractivity contribution in [2.75, 3.05) is 0 Å². The Morgan fingerprint density at radius 1 is 1.07 bits per heavy atom. The number of rotatable bonds is 6. The van der Waals surface area contributed by atoms with Gasteiger partial charge in [0.1, 0.15) is 4.88 Å². The highest BCUT2D eigenvalue weighted by Crippen LogP contribution is 2.22. The second kappa shape index (κ2) is 8.74. The molecule has 1 N–H and O–H groups in total. The van der Waals surface area contributed by atoms with E-state index in [0.717, 1.165) is 28.9 Å². The highest BCUT2D eigenvalue weighted by molar-refractivity contribution is 7.11. The summed E-state index contributed by atoms with van der Waals surface area (Å²) in [4.78, 5) is 25.1. The highest BCUT2D eigenvalue weighted by atomic mass is 35.5. The largest absolute Gasteiger partial charge is 0.347 e. The van der Waals surface area contributed by atoms with E-state index in [1.54, 1.807) is 29.7 Å². The van der Waals surface area contributed by atoms with E-state index < -0.39 is 0 Å². The van der Waals surface area contributed by atoms with Crippen LogP contribution in [0.5, 0.6) is 0 Å². The first-order valence-electron chi connectivity index (χ1n) is 8.42. The van der Waals surface area contributed by atoms with Gasteiger partial charge in [-0.1, -0.05) is 70.9 Å². The van der Waals surface area contributed by atoms with Gasteiger partial charge >= 0.3 is 4.87 Å². The first kappa shape index (κ1) is 19.7. The first-order chi connectivity index (χ1) is 13.0. The van der Waals surface area contributed by atoms with Gasteiger partial charge in [-0.3, -0.25) is 9.59 Å². The van der Waals surface area contributed by atoms with E-state index in [1.165, 1.54) is 0 Å². The van der Waals surface area contributed by atoms with E-state index in [1.807, 2.05) is 30.3 Å². The standard InChI is InChI=1S/C20H18Cl2N2O2S/c1-13-18(19(25)23-12-15-7-8-16(21)17(22)11-15)27-20(26)24(13)10-9-14-5-3-2-4-6-14/h2-8,11H,9-10,12H2,1H3,(H,23,25).